The smallest absolute Gasteiger partial charge is 0.204 e. The van der Waals surface area contributed by atoms with E-state index in [1.807, 2.05) is 29.8 Å². The van der Waals surface area contributed by atoms with E-state index in [0.717, 1.165) is 50.3 Å². The fourth-order valence-electron chi connectivity index (χ4n) is 3.89. The van der Waals surface area contributed by atoms with Gasteiger partial charge in [0.2, 0.25) is 5.95 Å². The van der Waals surface area contributed by atoms with Gasteiger partial charge in [0, 0.05) is 17.1 Å². The number of benzene rings is 2. The molecule has 6 nitrogen and oxygen atoms in total. The molecule has 0 aliphatic carbocycles. The molecular formula is C21H28BrN5O. The lowest BCUT2D eigenvalue weighted by Gasteiger charge is -2.30. The number of nitrogens with zero attached hydrogens (tertiary/aromatic N) is 2. The molecule has 5 N–H and O–H groups in total. The number of rotatable bonds is 6. The highest BCUT2D eigenvalue weighted by Crippen LogP contribution is 2.38. The number of methoxy groups -OCH3 is 1. The molecule has 0 saturated heterocycles. The average Bonchev–Trinajstić information content (AvgIpc) is 2.93. The Kier molecular flexibility index (Phi) is 5.59. The standard InChI is InChI=1S/C21H28BrN5O/c1-12-10-14(22)11-16(28-5)17(12)21(2,3)26-20-25-18-13(8-9-23)6-7-15(24)19(18)27(20)4/h6-7,10-11H,8-9,23-24H2,1-5H3,(H,25,26). The van der Waals surface area contributed by atoms with Gasteiger partial charge in [-0.05, 0) is 63.1 Å². The Morgan fingerprint density at radius 1 is 1.29 bits per heavy atom. The van der Waals surface area contributed by atoms with Crippen molar-refractivity contribution in [2.45, 2.75) is 32.7 Å². The molecule has 0 fully saturated rings. The molecule has 0 saturated carbocycles. The van der Waals surface area contributed by atoms with E-state index in [-0.39, 0.29) is 0 Å². The quantitative estimate of drug-likeness (QED) is 0.497. The molecule has 28 heavy (non-hydrogen) atoms. The van der Waals surface area contributed by atoms with Gasteiger partial charge in [-0.15, -0.1) is 0 Å². The van der Waals surface area contributed by atoms with Crippen molar-refractivity contribution in [3.05, 3.63) is 45.4 Å². The molecule has 0 aliphatic heterocycles. The monoisotopic (exact) mass is 445 g/mol. The Labute approximate surface area is 174 Å². The van der Waals surface area contributed by atoms with Gasteiger partial charge in [0.25, 0.3) is 0 Å². The van der Waals surface area contributed by atoms with E-state index in [1.54, 1.807) is 7.11 Å². The van der Waals surface area contributed by atoms with Crippen molar-refractivity contribution < 1.29 is 4.74 Å². The van der Waals surface area contributed by atoms with Crippen molar-refractivity contribution in [1.29, 1.82) is 0 Å². The van der Waals surface area contributed by atoms with Crippen LogP contribution in [0, 0.1) is 6.92 Å². The number of aromatic nitrogens is 2. The Hall–Kier alpha value is -2.25. The SMILES string of the molecule is COc1cc(Br)cc(C)c1C(C)(C)Nc1nc2c(CCN)ccc(N)c2n1C. The third-order valence-corrected chi connectivity index (χ3v) is 5.54. The molecule has 2 aromatic carbocycles. The van der Waals surface area contributed by atoms with Crippen LogP contribution in [0.3, 0.4) is 0 Å². The molecule has 0 amide bonds. The van der Waals surface area contributed by atoms with Gasteiger partial charge in [-0.25, -0.2) is 4.98 Å². The van der Waals surface area contributed by atoms with E-state index < -0.39 is 5.54 Å². The number of ether oxygens (including phenoxy) is 1. The maximum absolute atomic E-state index is 6.25. The largest absolute Gasteiger partial charge is 0.496 e. The summed E-state index contributed by atoms with van der Waals surface area (Å²) in [5.74, 6) is 1.58. The summed E-state index contributed by atoms with van der Waals surface area (Å²) in [7, 11) is 3.66. The van der Waals surface area contributed by atoms with E-state index in [4.69, 9.17) is 21.2 Å². The minimum absolute atomic E-state index is 0.423. The fourth-order valence-corrected chi connectivity index (χ4v) is 4.44. The first-order valence-corrected chi connectivity index (χ1v) is 10.1. The summed E-state index contributed by atoms with van der Waals surface area (Å²) >= 11 is 3.55. The first kappa shape index (κ1) is 20.5. The summed E-state index contributed by atoms with van der Waals surface area (Å²) in [5.41, 5.74) is 17.4. The van der Waals surface area contributed by atoms with Gasteiger partial charge in [-0.1, -0.05) is 22.0 Å². The molecule has 0 spiro atoms. The van der Waals surface area contributed by atoms with Crippen molar-refractivity contribution in [1.82, 2.24) is 9.55 Å². The molecular weight excluding hydrogens is 418 g/mol. The molecule has 1 aromatic heterocycles. The third-order valence-electron chi connectivity index (χ3n) is 5.08. The molecule has 3 aromatic rings. The maximum Gasteiger partial charge on any atom is 0.204 e. The summed E-state index contributed by atoms with van der Waals surface area (Å²) in [6.45, 7) is 6.89. The highest BCUT2D eigenvalue weighted by Gasteiger charge is 2.29. The van der Waals surface area contributed by atoms with Crippen molar-refractivity contribution in [2.24, 2.45) is 12.8 Å². The first-order chi connectivity index (χ1) is 13.2. The van der Waals surface area contributed by atoms with Gasteiger partial charge >= 0.3 is 0 Å². The predicted molar refractivity (Wildman–Crippen MR) is 120 cm³/mol. The highest BCUT2D eigenvalue weighted by molar-refractivity contribution is 9.10. The van der Waals surface area contributed by atoms with Crippen molar-refractivity contribution in [3.8, 4) is 5.75 Å². The number of nitrogen functional groups attached to an aromatic ring is 1. The summed E-state index contributed by atoms with van der Waals surface area (Å²) in [5, 5.41) is 3.59. The second-order valence-electron chi connectivity index (χ2n) is 7.59. The summed E-state index contributed by atoms with van der Waals surface area (Å²) in [6.07, 6.45) is 0.760. The number of aryl methyl sites for hydroxylation is 2. The number of anilines is 2. The second-order valence-corrected chi connectivity index (χ2v) is 8.51. The summed E-state index contributed by atoms with van der Waals surface area (Å²) < 4.78 is 8.66. The lowest BCUT2D eigenvalue weighted by atomic mass is 9.89. The lowest BCUT2D eigenvalue weighted by molar-refractivity contribution is 0.397. The van der Waals surface area contributed by atoms with Crippen LogP contribution in [-0.4, -0.2) is 23.2 Å². The number of halogens is 1. The Morgan fingerprint density at radius 2 is 2.00 bits per heavy atom. The third kappa shape index (κ3) is 3.56. The van der Waals surface area contributed by atoms with Crippen LogP contribution in [0.25, 0.3) is 11.0 Å². The zero-order valence-corrected chi connectivity index (χ0v) is 18.6. The topological polar surface area (TPSA) is 91.1 Å². The van der Waals surface area contributed by atoms with E-state index in [0.29, 0.717) is 12.2 Å². The van der Waals surface area contributed by atoms with Crippen LogP contribution in [-0.2, 0) is 19.0 Å². The normalized spacial score (nSPS) is 11.8. The number of hydrogen-bond donors (Lipinski definition) is 3. The zero-order chi connectivity index (χ0) is 20.6. The van der Waals surface area contributed by atoms with Gasteiger partial charge in [0.1, 0.15) is 5.75 Å². The minimum atomic E-state index is -0.423. The summed E-state index contributed by atoms with van der Waals surface area (Å²) in [6, 6.07) is 8.01. The molecule has 0 unspecified atom stereocenters. The van der Waals surface area contributed by atoms with Crippen molar-refractivity contribution in [3.63, 3.8) is 0 Å². The van der Waals surface area contributed by atoms with E-state index in [2.05, 4.69) is 48.1 Å². The Balaban J connectivity index is 2.11. The van der Waals surface area contributed by atoms with Gasteiger partial charge in [-0.3, -0.25) is 0 Å². The Bertz CT molecular complexity index is 1030. The molecule has 0 atom stereocenters. The number of nitrogens with one attached hydrogen (secondary N) is 1. The molecule has 3 rings (SSSR count). The minimum Gasteiger partial charge on any atom is -0.496 e. The van der Waals surface area contributed by atoms with Crippen LogP contribution < -0.4 is 21.5 Å². The van der Waals surface area contributed by atoms with E-state index in [9.17, 15) is 0 Å². The number of imidazole rings is 1. The van der Waals surface area contributed by atoms with Gasteiger partial charge in [0.05, 0.1) is 29.4 Å². The second kappa shape index (κ2) is 7.64. The molecule has 7 heteroatoms. The fraction of sp³-hybridized carbons (Fsp3) is 0.381. The van der Waals surface area contributed by atoms with Crippen LogP contribution in [0.4, 0.5) is 11.6 Å². The Morgan fingerprint density at radius 3 is 2.64 bits per heavy atom. The van der Waals surface area contributed by atoms with Gasteiger partial charge < -0.3 is 26.1 Å². The van der Waals surface area contributed by atoms with Crippen LogP contribution >= 0.6 is 15.9 Å². The van der Waals surface area contributed by atoms with Gasteiger partial charge in [-0.2, -0.15) is 0 Å². The molecule has 0 radical (unpaired) electrons. The van der Waals surface area contributed by atoms with Gasteiger partial charge in [0.15, 0.2) is 0 Å². The van der Waals surface area contributed by atoms with E-state index in [1.165, 1.54) is 0 Å². The van der Waals surface area contributed by atoms with Crippen molar-refractivity contribution in [2.75, 3.05) is 24.7 Å². The maximum atomic E-state index is 6.25. The van der Waals surface area contributed by atoms with E-state index >= 15 is 0 Å². The van der Waals surface area contributed by atoms with Crippen molar-refractivity contribution >= 4 is 38.6 Å². The number of hydrogen-bond acceptors (Lipinski definition) is 5. The van der Waals surface area contributed by atoms with Crippen LogP contribution in [0.1, 0.15) is 30.5 Å². The zero-order valence-electron chi connectivity index (χ0n) is 17.1. The number of nitrogens with two attached hydrogens (primary N) is 2. The van der Waals surface area contributed by atoms with Crippen LogP contribution in [0.15, 0.2) is 28.7 Å². The molecule has 150 valence electrons. The number of fused-ring (bicyclic) bond motifs is 1. The molecule has 0 aliphatic rings. The lowest BCUT2D eigenvalue weighted by Crippen LogP contribution is -2.31. The summed E-state index contributed by atoms with van der Waals surface area (Å²) in [4.78, 5) is 4.87. The first-order valence-electron chi connectivity index (χ1n) is 9.26. The van der Waals surface area contributed by atoms with Crippen LogP contribution in [0.5, 0.6) is 5.75 Å². The highest BCUT2D eigenvalue weighted by atomic mass is 79.9. The average molecular weight is 446 g/mol. The molecule has 1 heterocycles. The predicted octanol–water partition coefficient (Wildman–Crippen LogP) is 4.08. The van der Waals surface area contributed by atoms with Crippen LogP contribution in [0.2, 0.25) is 0 Å². The molecule has 0 bridgehead atoms.